The summed E-state index contributed by atoms with van der Waals surface area (Å²) >= 11 is 5.82. The zero-order valence-electron chi connectivity index (χ0n) is 8.46. The lowest BCUT2D eigenvalue weighted by Crippen LogP contribution is -2.24. The number of nitrogen functional groups attached to an aromatic ring is 1. The molecule has 1 aromatic rings. The van der Waals surface area contributed by atoms with E-state index in [0.29, 0.717) is 10.7 Å². The number of nitrogens with two attached hydrogens (primary N) is 2. The number of hydrogen-bond acceptors (Lipinski definition) is 3. The van der Waals surface area contributed by atoms with Crippen LogP contribution < -0.4 is 16.8 Å². The number of primary amides is 1. The first-order valence-corrected chi connectivity index (χ1v) is 4.96. The van der Waals surface area contributed by atoms with E-state index < -0.39 is 0 Å². The highest BCUT2D eigenvalue weighted by Gasteiger charge is 2.07. The highest BCUT2D eigenvalue weighted by Crippen LogP contribution is 2.23. The van der Waals surface area contributed by atoms with Gasteiger partial charge in [0, 0.05) is 17.5 Å². The standard InChI is InChI=1S/C10H14ClN3O/c1-6(4-10(13)15)14-9-5-7(11)2-3-8(9)12/h2-3,5-6,14H,4,12H2,1H3,(H2,13,15). The van der Waals surface area contributed by atoms with E-state index >= 15 is 0 Å². The summed E-state index contributed by atoms with van der Waals surface area (Å²) in [7, 11) is 0. The van der Waals surface area contributed by atoms with Crippen LogP contribution in [-0.2, 0) is 4.79 Å². The number of carbonyl (C=O) groups excluding carboxylic acids is 1. The number of hydrogen-bond donors (Lipinski definition) is 3. The molecule has 0 saturated carbocycles. The molecule has 1 amide bonds. The van der Waals surface area contributed by atoms with Crippen molar-refractivity contribution in [2.45, 2.75) is 19.4 Å². The maximum atomic E-state index is 10.7. The van der Waals surface area contributed by atoms with Crippen LogP contribution in [0, 0.1) is 0 Å². The van der Waals surface area contributed by atoms with Crippen LogP contribution in [0.1, 0.15) is 13.3 Å². The molecule has 1 aromatic carbocycles. The van der Waals surface area contributed by atoms with Crippen LogP contribution in [0.4, 0.5) is 11.4 Å². The van der Waals surface area contributed by atoms with Crippen molar-refractivity contribution in [3.05, 3.63) is 23.2 Å². The SMILES string of the molecule is CC(CC(N)=O)Nc1cc(Cl)ccc1N. The van der Waals surface area contributed by atoms with Crippen LogP contribution in [0.2, 0.25) is 5.02 Å². The number of anilines is 2. The van der Waals surface area contributed by atoms with Crippen molar-refractivity contribution in [2.75, 3.05) is 11.1 Å². The molecule has 0 spiro atoms. The number of rotatable bonds is 4. The normalized spacial score (nSPS) is 12.1. The van der Waals surface area contributed by atoms with Gasteiger partial charge in [-0.25, -0.2) is 0 Å². The summed E-state index contributed by atoms with van der Waals surface area (Å²) in [5.74, 6) is -0.351. The van der Waals surface area contributed by atoms with Crippen molar-refractivity contribution in [3.63, 3.8) is 0 Å². The zero-order valence-corrected chi connectivity index (χ0v) is 9.21. The molecule has 0 aliphatic carbocycles. The van der Waals surface area contributed by atoms with Crippen molar-refractivity contribution in [1.82, 2.24) is 0 Å². The summed E-state index contributed by atoms with van der Waals surface area (Å²) in [6.07, 6.45) is 0.256. The average Bonchev–Trinajstić information content (AvgIpc) is 2.10. The molecule has 0 aliphatic heterocycles. The Hall–Kier alpha value is -1.42. The topological polar surface area (TPSA) is 81.1 Å². The van der Waals surface area contributed by atoms with E-state index in [0.717, 1.165) is 5.69 Å². The Balaban J connectivity index is 2.71. The fourth-order valence-electron chi connectivity index (χ4n) is 1.27. The third-order valence-electron chi connectivity index (χ3n) is 1.92. The lowest BCUT2D eigenvalue weighted by molar-refractivity contribution is -0.118. The predicted molar refractivity (Wildman–Crippen MR) is 62.8 cm³/mol. The quantitative estimate of drug-likeness (QED) is 0.684. The van der Waals surface area contributed by atoms with Gasteiger partial charge in [-0.2, -0.15) is 0 Å². The highest BCUT2D eigenvalue weighted by molar-refractivity contribution is 6.31. The Morgan fingerprint density at radius 2 is 2.27 bits per heavy atom. The monoisotopic (exact) mass is 227 g/mol. The maximum Gasteiger partial charge on any atom is 0.219 e. The summed E-state index contributed by atoms with van der Waals surface area (Å²) in [5.41, 5.74) is 12.1. The Bertz CT molecular complexity index is 368. The summed E-state index contributed by atoms with van der Waals surface area (Å²) in [4.78, 5) is 10.7. The summed E-state index contributed by atoms with van der Waals surface area (Å²) < 4.78 is 0. The number of halogens is 1. The number of benzene rings is 1. The van der Waals surface area contributed by atoms with Gasteiger partial charge >= 0.3 is 0 Å². The van der Waals surface area contributed by atoms with Crippen LogP contribution in [0.15, 0.2) is 18.2 Å². The molecule has 1 unspecified atom stereocenters. The molecule has 0 aromatic heterocycles. The second-order valence-corrected chi connectivity index (χ2v) is 3.88. The third kappa shape index (κ3) is 3.67. The van der Waals surface area contributed by atoms with E-state index in [1.165, 1.54) is 0 Å². The summed E-state index contributed by atoms with van der Waals surface area (Å²) in [5, 5.41) is 3.67. The fraction of sp³-hybridized carbons (Fsp3) is 0.300. The predicted octanol–water partition coefficient (Wildman–Crippen LogP) is 1.60. The molecule has 0 aliphatic rings. The van der Waals surface area contributed by atoms with E-state index in [9.17, 15) is 4.79 Å². The number of nitrogens with one attached hydrogen (secondary N) is 1. The number of amides is 1. The molecule has 5 heteroatoms. The van der Waals surface area contributed by atoms with Crippen LogP contribution >= 0.6 is 11.6 Å². The van der Waals surface area contributed by atoms with Gasteiger partial charge in [-0.3, -0.25) is 4.79 Å². The molecule has 0 bridgehead atoms. The van der Waals surface area contributed by atoms with Crippen LogP contribution in [0.25, 0.3) is 0 Å². The van der Waals surface area contributed by atoms with E-state index in [2.05, 4.69) is 5.32 Å². The van der Waals surface area contributed by atoms with Gasteiger partial charge in [-0.1, -0.05) is 11.6 Å². The zero-order chi connectivity index (χ0) is 11.4. The van der Waals surface area contributed by atoms with Crippen molar-refractivity contribution in [3.8, 4) is 0 Å². The summed E-state index contributed by atoms with van der Waals surface area (Å²) in [6, 6.07) is 5.07. The van der Waals surface area contributed by atoms with Crippen LogP contribution in [0.5, 0.6) is 0 Å². The first kappa shape index (κ1) is 11.7. The minimum atomic E-state index is -0.351. The van der Waals surface area contributed by atoms with Gasteiger partial charge in [0.05, 0.1) is 11.4 Å². The highest BCUT2D eigenvalue weighted by atomic mass is 35.5. The molecule has 1 atom stereocenters. The minimum absolute atomic E-state index is 0.0664. The van der Waals surface area contributed by atoms with Gasteiger partial charge in [0.25, 0.3) is 0 Å². The fourth-order valence-corrected chi connectivity index (χ4v) is 1.44. The molecular weight excluding hydrogens is 214 g/mol. The largest absolute Gasteiger partial charge is 0.397 e. The van der Waals surface area contributed by atoms with Gasteiger partial charge in [0.2, 0.25) is 5.91 Å². The number of carbonyl (C=O) groups is 1. The first-order valence-electron chi connectivity index (χ1n) is 4.59. The Labute approximate surface area is 93.6 Å². The first-order chi connectivity index (χ1) is 6.99. The van der Waals surface area contributed by atoms with Crippen molar-refractivity contribution in [1.29, 1.82) is 0 Å². The van der Waals surface area contributed by atoms with Crippen molar-refractivity contribution < 1.29 is 4.79 Å². The van der Waals surface area contributed by atoms with E-state index in [1.54, 1.807) is 18.2 Å². The van der Waals surface area contributed by atoms with E-state index in [4.69, 9.17) is 23.1 Å². The van der Waals surface area contributed by atoms with Gasteiger partial charge in [-0.05, 0) is 25.1 Å². The van der Waals surface area contributed by atoms with Crippen molar-refractivity contribution in [2.24, 2.45) is 5.73 Å². The molecule has 0 fully saturated rings. The lowest BCUT2D eigenvalue weighted by atomic mass is 10.2. The molecule has 82 valence electrons. The van der Waals surface area contributed by atoms with Crippen molar-refractivity contribution >= 4 is 28.9 Å². The van der Waals surface area contributed by atoms with Gasteiger partial charge in [0.1, 0.15) is 0 Å². The Morgan fingerprint density at radius 3 is 2.87 bits per heavy atom. The Kier molecular flexibility index (Phi) is 3.80. The lowest BCUT2D eigenvalue weighted by Gasteiger charge is -2.15. The minimum Gasteiger partial charge on any atom is -0.397 e. The van der Waals surface area contributed by atoms with E-state index in [1.807, 2.05) is 6.92 Å². The molecule has 4 nitrogen and oxygen atoms in total. The van der Waals surface area contributed by atoms with Gasteiger partial charge < -0.3 is 16.8 Å². The molecule has 5 N–H and O–H groups in total. The molecular formula is C10H14ClN3O. The van der Waals surface area contributed by atoms with Crippen LogP contribution in [-0.4, -0.2) is 11.9 Å². The smallest absolute Gasteiger partial charge is 0.219 e. The molecule has 0 saturated heterocycles. The molecule has 15 heavy (non-hydrogen) atoms. The second-order valence-electron chi connectivity index (χ2n) is 3.45. The molecule has 0 heterocycles. The third-order valence-corrected chi connectivity index (χ3v) is 2.16. The average molecular weight is 228 g/mol. The van der Waals surface area contributed by atoms with Gasteiger partial charge in [0.15, 0.2) is 0 Å². The second kappa shape index (κ2) is 4.89. The Morgan fingerprint density at radius 1 is 1.60 bits per heavy atom. The van der Waals surface area contributed by atoms with Gasteiger partial charge in [-0.15, -0.1) is 0 Å². The van der Waals surface area contributed by atoms with E-state index in [-0.39, 0.29) is 18.4 Å². The maximum absolute atomic E-state index is 10.7. The molecule has 1 rings (SSSR count). The molecule has 0 radical (unpaired) electrons. The van der Waals surface area contributed by atoms with Crippen LogP contribution in [0.3, 0.4) is 0 Å². The summed E-state index contributed by atoms with van der Waals surface area (Å²) in [6.45, 7) is 1.85.